The Balaban J connectivity index is 1.66. The molecule has 36 heavy (non-hydrogen) atoms. The number of hydrogen-bond acceptors (Lipinski definition) is 8. The number of aromatic nitrogens is 2. The van der Waals surface area contributed by atoms with E-state index in [-0.39, 0.29) is 24.7 Å². The van der Waals surface area contributed by atoms with E-state index in [1.165, 1.54) is 19.0 Å². The van der Waals surface area contributed by atoms with E-state index in [9.17, 15) is 4.79 Å². The molecule has 188 valence electrons. The Bertz CT molecular complexity index is 1270. The average Bonchev–Trinajstić information content (AvgIpc) is 3.39. The highest BCUT2D eigenvalue weighted by Crippen LogP contribution is 2.32. The van der Waals surface area contributed by atoms with Crippen LogP contribution < -0.4 is 25.8 Å². The molecule has 4 rings (SSSR count). The van der Waals surface area contributed by atoms with E-state index < -0.39 is 0 Å². The van der Waals surface area contributed by atoms with Crippen LogP contribution in [0.3, 0.4) is 0 Å². The Hall–Kier alpha value is -4.14. The fourth-order valence-electron chi connectivity index (χ4n) is 4.10. The second-order valence-corrected chi connectivity index (χ2v) is 9.03. The summed E-state index contributed by atoms with van der Waals surface area (Å²) in [5, 5.41) is 14.3. The minimum Gasteiger partial charge on any atom is -0.490 e. The number of hydrogen-bond donors (Lipinski definition) is 4. The summed E-state index contributed by atoms with van der Waals surface area (Å²) in [6.45, 7) is 3.71. The summed E-state index contributed by atoms with van der Waals surface area (Å²) in [6, 6.07) is 13.1. The maximum absolute atomic E-state index is 12.0. The molecule has 2 aromatic carbocycles. The Kier molecular flexibility index (Phi) is 7.99. The van der Waals surface area contributed by atoms with Crippen LogP contribution in [0.15, 0.2) is 54.4 Å². The molecule has 0 radical (unpaired) electrons. The summed E-state index contributed by atoms with van der Waals surface area (Å²) in [7, 11) is 0. The molecule has 3 aromatic rings. The third-order valence-corrected chi connectivity index (χ3v) is 5.78. The van der Waals surface area contributed by atoms with Crippen LogP contribution >= 0.6 is 0 Å². The van der Waals surface area contributed by atoms with Gasteiger partial charge in [0, 0.05) is 29.4 Å². The van der Waals surface area contributed by atoms with Crippen LogP contribution in [0.4, 0.5) is 5.82 Å². The zero-order valence-electron chi connectivity index (χ0n) is 20.6. The quantitative estimate of drug-likeness (QED) is 0.311. The maximum Gasteiger partial charge on any atom is 0.258 e. The van der Waals surface area contributed by atoms with Gasteiger partial charge in [0.1, 0.15) is 17.3 Å². The molecule has 1 aromatic heterocycles. The van der Waals surface area contributed by atoms with Gasteiger partial charge in [0.2, 0.25) is 0 Å². The number of rotatable bonds is 10. The van der Waals surface area contributed by atoms with Gasteiger partial charge in [-0.05, 0) is 69.9 Å². The molecule has 0 bridgehead atoms. The van der Waals surface area contributed by atoms with Crippen molar-refractivity contribution in [2.45, 2.75) is 51.7 Å². The van der Waals surface area contributed by atoms with Crippen molar-refractivity contribution in [1.82, 2.24) is 15.3 Å². The Labute approximate surface area is 210 Å². The van der Waals surface area contributed by atoms with Gasteiger partial charge in [0.05, 0.1) is 17.3 Å². The second kappa shape index (κ2) is 11.5. The van der Waals surface area contributed by atoms with Crippen molar-refractivity contribution in [3.05, 3.63) is 54.4 Å². The van der Waals surface area contributed by atoms with Crippen LogP contribution in [0, 0.1) is 5.41 Å². The molecule has 0 atom stereocenters. The van der Waals surface area contributed by atoms with Gasteiger partial charge < -0.3 is 31.3 Å². The zero-order valence-corrected chi connectivity index (χ0v) is 20.6. The molecule has 1 heterocycles. The van der Waals surface area contributed by atoms with E-state index in [1.54, 1.807) is 12.1 Å². The average molecular weight is 489 g/mol. The number of nitrogens with one attached hydrogen (secondary N) is 3. The summed E-state index contributed by atoms with van der Waals surface area (Å²) < 4.78 is 11.9. The minimum atomic E-state index is -0.188. The highest BCUT2D eigenvalue weighted by Gasteiger charge is 2.18. The van der Waals surface area contributed by atoms with Gasteiger partial charge in [-0.1, -0.05) is 12.1 Å². The van der Waals surface area contributed by atoms with E-state index >= 15 is 0 Å². The first-order chi connectivity index (χ1) is 17.4. The van der Waals surface area contributed by atoms with E-state index in [0.29, 0.717) is 28.6 Å². The lowest BCUT2D eigenvalue weighted by Gasteiger charge is -2.16. The Morgan fingerprint density at radius 1 is 1.17 bits per heavy atom. The third kappa shape index (κ3) is 6.29. The fourth-order valence-corrected chi connectivity index (χ4v) is 4.10. The molecule has 1 fully saturated rings. The first kappa shape index (κ1) is 25.0. The maximum atomic E-state index is 12.0. The topological polar surface area (TPSA) is 135 Å². The number of carbonyl (C=O) groups is 1. The molecule has 5 N–H and O–H groups in total. The predicted octanol–water partition coefficient (Wildman–Crippen LogP) is 4.38. The molecule has 9 nitrogen and oxygen atoms in total. The number of ether oxygens (including phenoxy) is 2. The SMILES string of the molecule is CC(C)NC(=O)COc1cccc(-c2nc(N/C(C=N)=C/N)c3cc(OC4CCCC4)ccc3n2)c1. The van der Waals surface area contributed by atoms with Gasteiger partial charge in [-0.2, -0.15) is 0 Å². The molecule has 1 amide bonds. The zero-order chi connectivity index (χ0) is 25.5. The number of nitrogens with two attached hydrogens (primary N) is 1. The van der Waals surface area contributed by atoms with Gasteiger partial charge >= 0.3 is 0 Å². The fraction of sp³-hybridized carbons (Fsp3) is 0.333. The van der Waals surface area contributed by atoms with Gasteiger partial charge in [-0.25, -0.2) is 9.97 Å². The summed E-state index contributed by atoms with van der Waals surface area (Å²) in [5.74, 6) is 2.08. The van der Waals surface area contributed by atoms with Crippen molar-refractivity contribution >= 4 is 28.8 Å². The van der Waals surface area contributed by atoms with Crippen molar-refractivity contribution in [3.8, 4) is 22.9 Å². The molecule has 0 saturated heterocycles. The van der Waals surface area contributed by atoms with Crippen molar-refractivity contribution in [2.24, 2.45) is 5.73 Å². The third-order valence-electron chi connectivity index (χ3n) is 5.78. The van der Waals surface area contributed by atoms with Crippen LogP contribution in [0.25, 0.3) is 22.3 Å². The predicted molar refractivity (Wildman–Crippen MR) is 141 cm³/mol. The number of carbonyl (C=O) groups excluding carboxylic acids is 1. The van der Waals surface area contributed by atoms with Crippen LogP contribution in [0.1, 0.15) is 39.5 Å². The lowest BCUT2D eigenvalue weighted by Crippen LogP contribution is -2.34. The number of amides is 1. The summed E-state index contributed by atoms with van der Waals surface area (Å²) in [6.07, 6.45) is 7.16. The lowest BCUT2D eigenvalue weighted by atomic mass is 10.1. The van der Waals surface area contributed by atoms with Crippen LogP contribution in [0.5, 0.6) is 11.5 Å². The number of benzene rings is 2. The van der Waals surface area contributed by atoms with E-state index in [1.807, 2.05) is 44.2 Å². The highest BCUT2D eigenvalue weighted by atomic mass is 16.5. The molecule has 0 spiro atoms. The number of allylic oxidation sites excluding steroid dienone is 1. The standard InChI is InChI=1S/C27H32N6O3/c1-17(2)30-25(34)16-35-21-9-5-6-18(12-21)26-32-24-11-10-22(36-20-7-3-4-8-20)13-23(24)27(33-26)31-19(14-28)15-29/h5-6,9-15,17,20,28H,3-4,7-8,16,29H2,1-2H3,(H,30,34)(H,31,32,33)/b19-15+,28-14?. The first-order valence-corrected chi connectivity index (χ1v) is 12.2. The van der Waals surface area contributed by atoms with Crippen molar-refractivity contribution in [1.29, 1.82) is 5.41 Å². The molecule has 1 saturated carbocycles. The monoisotopic (exact) mass is 488 g/mol. The van der Waals surface area contributed by atoms with Crippen molar-refractivity contribution in [3.63, 3.8) is 0 Å². The van der Waals surface area contributed by atoms with Crippen LogP contribution in [0.2, 0.25) is 0 Å². The van der Waals surface area contributed by atoms with Gasteiger partial charge in [-0.3, -0.25) is 4.79 Å². The molecule has 0 unspecified atom stereocenters. The lowest BCUT2D eigenvalue weighted by molar-refractivity contribution is -0.123. The largest absolute Gasteiger partial charge is 0.490 e. The van der Waals surface area contributed by atoms with Crippen LogP contribution in [-0.2, 0) is 4.79 Å². The summed E-state index contributed by atoms with van der Waals surface area (Å²) in [4.78, 5) is 21.5. The van der Waals surface area contributed by atoms with E-state index in [2.05, 4.69) is 10.6 Å². The minimum absolute atomic E-state index is 0.0434. The highest BCUT2D eigenvalue weighted by molar-refractivity contribution is 5.94. The van der Waals surface area contributed by atoms with Gasteiger partial charge in [0.25, 0.3) is 5.91 Å². The molecular weight excluding hydrogens is 456 g/mol. The Morgan fingerprint density at radius 2 is 1.97 bits per heavy atom. The second-order valence-electron chi connectivity index (χ2n) is 9.03. The normalized spacial score (nSPS) is 14.1. The summed E-state index contributed by atoms with van der Waals surface area (Å²) in [5.41, 5.74) is 7.51. The molecule has 9 heteroatoms. The Morgan fingerprint density at radius 3 is 2.69 bits per heavy atom. The molecule has 1 aliphatic carbocycles. The number of nitrogens with zero attached hydrogens (tertiary/aromatic N) is 2. The first-order valence-electron chi connectivity index (χ1n) is 12.2. The molecule has 1 aliphatic rings. The van der Waals surface area contributed by atoms with Gasteiger partial charge in [0.15, 0.2) is 12.4 Å². The van der Waals surface area contributed by atoms with Gasteiger partial charge in [-0.15, -0.1) is 0 Å². The summed E-state index contributed by atoms with van der Waals surface area (Å²) >= 11 is 0. The molecule has 0 aliphatic heterocycles. The van der Waals surface area contributed by atoms with Crippen LogP contribution in [-0.4, -0.2) is 40.8 Å². The van der Waals surface area contributed by atoms with Crippen molar-refractivity contribution in [2.75, 3.05) is 11.9 Å². The van der Waals surface area contributed by atoms with E-state index in [4.69, 9.17) is 30.6 Å². The smallest absolute Gasteiger partial charge is 0.258 e. The molecular formula is C27H32N6O3. The van der Waals surface area contributed by atoms with Crippen molar-refractivity contribution < 1.29 is 14.3 Å². The number of anilines is 1. The number of fused-ring (bicyclic) bond motifs is 1. The van der Waals surface area contributed by atoms with E-state index in [0.717, 1.165) is 35.8 Å².